The summed E-state index contributed by atoms with van der Waals surface area (Å²) in [7, 11) is 0. The molecule has 1 N–H and O–H groups in total. The van der Waals surface area contributed by atoms with Gasteiger partial charge in [-0.3, -0.25) is 4.98 Å². The third-order valence-corrected chi connectivity index (χ3v) is 3.90. The molecule has 0 spiro atoms. The Morgan fingerprint density at radius 2 is 1.88 bits per heavy atom. The number of aromatic nitrogens is 3. The van der Waals surface area contributed by atoms with E-state index in [1.807, 2.05) is 18.2 Å². The molecular weight excluding hydrogens is 339 g/mol. The van der Waals surface area contributed by atoms with Gasteiger partial charge in [-0.2, -0.15) is 0 Å². The number of rotatable bonds is 3. The summed E-state index contributed by atoms with van der Waals surface area (Å²) in [6.07, 6.45) is 3.39. The van der Waals surface area contributed by atoms with Crippen LogP contribution in [0.3, 0.4) is 0 Å². The van der Waals surface area contributed by atoms with E-state index < -0.39 is 0 Å². The smallest absolute Gasteiger partial charge is 0.163 e. The summed E-state index contributed by atoms with van der Waals surface area (Å²) < 4.78 is 13.5. The lowest BCUT2D eigenvalue weighted by molar-refractivity contribution is 0.628. The van der Waals surface area contributed by atoms with Crippen LogP contribution in [0.15, 0.2) is 67.0 Å². The van der Waals surface area contributed by atoms with Crippen molar-refractivity contribution in [3.8, 4) is 11.4 Å². The van der Waals surface area contributed by atoms with Crippen molar-refractivity contribution in [3.05, 3.63) is 77.8 Å². The second kappa shape index (κ2) is 6.45. The lowest BCUT2D eigenvalue weighted by Gasteiger charge is -2.11. The summed E-state index contributed by atoms with van der Waals surface area (Å²) in [6.45, 7) is 0. The molecule has 2 heterocycles. The van der Waals surface area contributed by atoms with Crippen LogP contribution in [0.25, 0.3) is 22.3 Å². The summed E-state index contributed by atoms with van der Waals surface area (Å²) in [4.78, 5) is 13.3. The lowest BCUT2D eigenvalue weighted by atomic mass is 10.2. The normalized spacial score (nSPS) is 10.8. The molecule has 122 valence electrons. The fourth-order valence-electron chi connectivity index (χ4n) is 2.52. The molecule has 0 fully saturated rings. The van der Waals surface area contributed by atoms with Crippen LogP contribution < -0.4 is 5.32 Å². The molecule has 0 bridgehead atoms. The summed E-state index contributed by atoms with van der Waals surface area (Å²) in [5, 5.41) is 4.49. The van der Waals surface area contributed by atoms with E-state index in [9.17, 15) is 4.39 Å². The van der Waals surface area contributed by atoms with Crippen molar-refractivity contribution in [1.82, 2.24) is 15.0 Å². The second-order valence-corrected chi connectivity index (χ2v) is 5.87. The van der Waals surface area contributed by atoms with Gasteiger partial charge in [0.25, 0.3) is 0 Å². The molecule has 0 saturated carbocycles. The van der Waals surface area contributed by atoms with Gasteiger partial charge in [0.05, 0.1) is 5.52 Å². The summed E-state index contributed by atoms with van der Waals surface area (Å²) in [6, 6.07) is 15.3. The van der Waals surface area contributed by atoms with Crippen molar-refractivity contribution in [2.75, 3.05) is 5.32 Å². The summed E-state index contributed by atoms with van der Waals surface area (Å²) in [5.74, 6) is 0.757. The molecule has 25 heavy (non-hydrogen) atoms. The Balaban J connectivity index is 1.89. The monoisotopic (exact) mass is 350 g/mol. The largest absolute Gasteiger partial charge is 0.340 e. The number of halogens is 2. The zero-order valence-electron chi connectivity index (χ0n) is 12.9. The van der Waals surface area contributed by atoms with Crippen LogP contribution in [-0.4, -0.2) is 15.0 Å². The van der Waals surface area contributed by atoms with E-state index in [0.717, 1.165) is 16.5 Å². The van der Waals surface area contributed by atoms with Crippen molar-refractivity contribution in [2.24, 2.45) is 0 Å². The average molecular weight is 351 g/mol. The van der Waals surface area contributed by atoms with E-state index in [-0.39, 0.29) is 5.82 Å². The minimum Gasteiger partial charge on any atom is -0.340 e. The number of hydrogen-bond acceptors (Lipinski definition) is 4. The molecule has 6 heteroatoms. The highest BCUT2D eigenvalue weighted by Crippen LogP contribution is 2.29. The molecule has 0 aliphatic carbocycles. The summed E-state index contributed by atoms with van der Waals surface area (Å²) >= 11 is 6.12. The van der Waals surface area contributed by atoms with Gasteiger partial charge in [-0.05, 0) is 48.5 Å². The van der Waals surface area contributed by atoms with Gasteiger partial charge in [0.1, 0.15) is 11.6 Å². The molecule has 0 amide bonds. The first-order valence-electron chi connectivity index (χ1n) is 7.59. The van der Waals surface area contributed by atoms with Gasteiger partial charge in [-0.15, -0.1) is 0 Å². The zero-order valence-corrected chi connectivity index (χ0v) is 13.7. The fraction of sp³-hybridized carbons (Fsp3) is 0. The standard InChI is InChI=1S/C19H12ClFN4/c20-13-6-7-17-16(9-13)19(23-15-5-1-4-14(21)10-15)25-18(24-17)12-3-2-8-22-11-12/h1-11H,(H,23,24,25). The van der Waals surface area contributed by atoms with Gasteiger partial charge in [-0.1, -0.05) is 17.7 Å². The van der Waals surface area contributed by atoms with E-state index in [1.165, 1.54) is 12.1 Å². The third-order valence-electron chi connectivity index (χ3n) is 3.66. The van der Waals surface area contributed by atoms with Crippen LogP contribution in [0.1, 0.15) is 0 Å². The zero-order chi connectivity index (χ0) is 17.2. The number of anilines is 2. The van der Waals surface area contributed by atoms with Gasteiger partial charge in [0.15, 0.2) is 5.82 Å². The number of hydrogen-bond donors (Lipinski definition) is 1. The number of pyridine rings is 1. The van der Waals surface area contributed by atoms with E-state index in [2.05, 4.69) is 20.3 Å². The first-order chi connectivity index (χ1) is 12.2. The van der Waals surface area contributed by atoms with Crippen molar-refractivity contribution in [3.63, 3.8) is 0 Å². The van der Waals surface area contributed by atoms with Crippen LogP contribution in [0, 0.1) is 5.82 Å². The van der Waals surface area contributed by atoms with Gasteiger partial charge in [0.2, 0.25) is 0 Å². The molecule has 0 aliphatic heterocycles. The number of benzene rings is 2. The molecule has 0 unspecified atom stereocenters. The van der Waals surface area contributed by atoms with E-state index in [1.54, 1.807) is 36.7 Å². The SMILES string of the molecule is Fc1cccc(Nc2nc(-c3cccnc3)nc3ccc(Cl)cc23)c1. The Morgan fingerprint density at radius 1 is 0.960 bits per heavy atom. The van der Waals surface area contributed by atoms with Crippen LogP contribution in [-0.2, 0) is 0 Å². The maximum absolute atomic E-state index is 13.5. The number of fused-ring (bicyclic) bond motifs is 1. The maximum Gasteiger partial charge on any atom is 0.163 e. The Morgan fingerprint density at radius 3 is 2.68 bits per heavy atom. The van der Waals surface area contributed by atoms with E-state index in [4.69, 9.17) is 11.6 Å². The van der Waals surface area contributed by atoms with E-state index in [0.29, 0.717) is 22.4 Å². The van der Waals surface area contributed by atoms with E-state index >= 15 is 0 Å². The van der Waals surface area contributed by atoms with Crippen molar-refractivity contribution >= 4 is 34.0 Å². The predicted molar refractivity (Wildman–Crippen MR) is 97.5 cm³/mol. The topological polar surface area (TPSA) is 50.7 Å². The average Bonchev–Trinajstić information content (AvgIpc) is 2.63. The van der Waals surface area contributed by atoms with Crippen LogP contribution in [0.5, 0.6) is 0 Å². The molecule has 2 aromatic heterocycles. The minimum absolute atomic E-state index is 0.325. The third kappa shape index (κ3) is 3.27. The highest BCUT2D eigenvalue weighted by atomic mass is 35.5. The number of nitrogens with one attached hydrogen (secondary N) is 1. The van der Waals surface area contributed by atoms with Crippen LogP contribution >= 0.6 is 11.6 Å². The lowest BCUT2D eigenvalue weighted by Crippen LogP contribution is -2.00. The van der Waals surface area contributed by atoms with Gasteiger partial charge >= 0.3 is 0 Å². The first-order valence-corrected chi connectivity index (χ1v) is 7.97. The van der Waals surface area contributed by atoms with Gasteiger partial charge in [-0.25, -0.2) is 14.4 Å². The van der Waals surface area contributed by atoms with Gasteiger partial charge in [0, 0.05) is 34.1 Å². The van der Waals surface area contributed by atoms with Crippen molar-refractivity contribution < 1.29 is 4.39 Å². The van der Waals surface area contributed by atoms with Crippen LogP contribution in [0.2, 0.25) is 5.02 Å². The Labute approximate surface area is 148 Å². The molecule has 0 atom stereocenters. The first kappa shape index (κ1) is 15.5. The minimum atomic E-state index is -0.325. The second-order valence-electron chi connectivity index (χ2n) is 5.43. The quantitative estimate of drug-likeness (QED) is 0.549. The van der Waals surface area contributed by atoms with Crippen LogP contribution in [0.4, 0.5) is 15.9 Å². The summed E-state index contributed by atoms with van der Waals surface area (Å²) in [5.41, 5.74) is 2.12. The molecule has 0 aliphatic rings. The molecule has 0 saturated heterocycles. The molecule has 2 aromatic carbocycles. The Bertz CT molecular complexity index is 1050. The molecule has 4 aromatic rings. The molecule has 0 radical (unpaired) electrons. The number of nitrogens with zero attached hydrogens (tertiary/aromatic N) is 3. The molecule has 4 nitrogen and oxygen atoms in total. The highest BCUT2D eigenvalue weighted by molar-refractivity contribution is 6.31. The maximum atomic E-state index is 13.5. The predicted octanol–water partition coefficient (Wildman–Crippen LogP) is 5.23. The molecular formula is C19H12ClFN4. The van der Waals surface area contributed by atoms with Crippen molar-refractivity contribution in [2.45, 2.75) is 0 Å². The van der Waals surface area contributed by atoms with Crippen molar-refractivity contribution in [1.29, 1.82) is 0 Å². The fourth-order valence-corrected chi connectivity index (χ4v) is 2.70. The molecule has 4 rings (SSSR count). The highest BCUT2D eigenvalue weighted by Gasteiger charge is 2.11. The van der Waals surface area contributed by atoms with Gasteiger partial charge < -0.3 is 5.32 Å². The Kier molecular flexibility index (Phi) is 3.99. The Hall–Kier alpha value is -3.05.